The Hall–Kier alpha value is -2.14. The second-order valence-electron chi connectivity index (χ2n) is 5.97. The highest BCUT2D eigenvalue weighted by Crippen LogP contribution is 2.30. The van der Waals surface area contributed by atoms with E-state index >= 15 is 0 Å². The minimum atomic E-state index is -0.535. The van der Waals surface area contributed by atoms with Crippen LogP contribution in [0.3, 0.4) is 0 Å². The fourth-order valence-corrected chi connectivity index (χ4v) is 2.67. The molecule has 0 amide bonds. The summed E-state index contributed by atoms with van der Waals surface area (Å²) in [5, 5.41) is 4.59. The van der Waals surface area contributed by atoms with Crippen molar-refractivity contribution in [2.45, 2.75) is 32.4 Å². The number of nitrogens with zero attached hydrogens (tertiary/aromatic N) is 2. The fourth-order valence-electron chi connectivity index (χ4n) is 2.67. The average molecular weight is 300 g/mol. The molecule has 3 rings (SSSR count). The lowest BCUT2D eigenvalue weighted by molar-refractivity contribution is -0.0204. The Morgan fingerprint density at radius 3 is 2.73 bits per heavy atom. The predicted molar refractivity (Wildman–Crippen MR) is 82.2 cm³/mol. The monoisotopic (exact) mass is 300 g/mol. The first-order valence-electron chi connectivity index (χ1n) is 7.37. The van der Waals surface area contributed by atoms with Crippen LogP contribution in [0, 0.1) is 0 Å². The molecule has 1 aromatic heterocycles. The molecule has 0 unspecified atom stereocenters. The quantitative estimate of drug-likeness (QED) is 0.874. The van der Waals surface area contributed by atoms with Crippen LogP contribution in [0.5, 0.6) is 5.75 Å². The number of rotatable bonds is 3. The Morgan fingerprint density at radius 2 is 2.05 bits per heavy atom. The maximum absolute atomic E-state index is 12.2. The zero-order valence-electron chi connectivity index (χ0n) is 13.1. The van der Waals surface area contributed by atoms with Crippen LogP contribution in [0.1, 0.15) is 41.9 Å². The summed E-state index contributed by atoms with van der Waals surface area (Å²) in [7, 11) is 1.65. The summed E-state index contributed by atoms with van der Waals surface area (Å²) in [5.74, 6) is 0.922. The minimum Gasteiger partial charge on any atom is -0.497 e. The van der Waals surface area contributed by atoms with Crippen molar-refractivity contribution in [2.75, 3.05) is 13.7 Å². The first-order valence-corrected chi connectivity index (χ1v) is 7.37. The van der Waals surface area contributed by atoms with Crippen LogP contribution in [-0.2, 0) is 16.9 Å². The Morgan fingerprint density at radius 1 is 1.32 bits per heavy atom. The first-order chi connectivity index (χ1) is 10.5. The van der Waals surface area contributed by atoms with E-state index in [9.17, 15) is 4.79 Å². The Kier molecular flexibility index (Phi) is 3.74. The normalized spacial score (nSPS) is 17.0. The lowest BCUT2D eigenvalue weighted by Crippen LogP contribution is -2.22. The summed E-state index contributed by atoms with van der Waals surface area (Å²) < 4.78 is 12.7. The maximum Gasteiger partial charge on any atom is 0.168 e. The minimum absolute atomic E-state index is 0.0987. The summed E-state index contributed by atoms with van der Waals surface area (Å²) in [5.41, 5.74) is 1.97. The van der Waals surface area contributed by atoms with Crippen molar-refractivity contribution in [3.8, 4) is 5.75 Å². The zero-order valence-corrected chi connectivity index (χ0v) is 13.1. The van der Waals surface area contributed by atoms with E-state index in [2.05, 4.69) is 5.10 Å². The third-order valence-corrected chi connectivity index (χ3v) is 3.93. The molecule has 1 aliphatic heterocycles. The second-order valence-corrected chi connectivity index (χ2v) is 5.97. The molecule has 0 saturated heterocycles. The number of ether oxygens (including phenoxy) is 2. The van der Waals surface area contributed by atoms with Gasteiger partial charge in [-0.2, -0.15) is 5.10 Å². The van der Waals surface area contributed by atoms with Gasteiger partial charge in [-0.05, 0) is 31.5 Å². The molecule has 2 heterocycles. The molecule has 0 bridgehead atoms. The van der Waals surface area contributed by atoms with Gasteiger partial charge >= 0.3 is 0 Å². The SMILES string of the molecule is COc1ccc(Cn2cc3c(n2)C(C)(C)OCCC3=O)cc1. The molecule has 0 atom stereocenters. The Bertz CT molecular complexity index is 686. The number of carbonyl (C=O) groups excluding carboxylic acids is 1. The highest BCUT2D eigenvalue weighted by Gasteiger charge is 2.33. The molecule has 0 saturated carbocycles. The van der Waals surface area contributed by atoms with Crippen molar-refractivity contribution in [1.29, 1.82) is 0 Å². The van der Waals surface area contributed by atoms with E-state index in [4.69, 9.17) is 9.47 Å². The molecule has 2 aromatic rings. The highest BCUT2D eigenvalue weighted by atomic mass is 16.5. The van der Waals surface area contributed by atoms with Gasteiger partial charge in [-0.1, -0.05) is 12.1 Å². The molecule has 5 nitrogen and oxygen atoms in total. The molecule has 22 heavy (non-hydrogen) atoms. The van der Waals surface area contributed by atoms with Crippen molar-refractivity contribution >= 4 is 5.78 Å². The van der Waals surface area contributed by atoms with Crippen molar-refractivity contribution in [2.24, 2.45) is 0 Å². The van der Waals surface area contributed by atoms with Gasteiger partial charge in [0, 0.05) is 12.6 Å². The van der Waals surface area contributed by atoms with Crippen molar-refractivity contribution in [1.82, 2.24) is 9.78 Å². The molecule has 1 aromatic carbocycles. The summed E-state index contributed by atoms with van der Waals surface area (Å²) in [4.78, 5) is 12.2. The van der Waals surface area contributed by atoms with E-state index in [1.54, 1.807) is 11.8 Å². The molecule has 0 spiro atoms. The van der Waals surface area contributed by atoms with Gasteiger partial charge in [0.05, 0.1) is 25.8 Å². The van der Waals surface area contributed by atoms with Gasteiger partial charge in [-0.3, -0.25) is 9.48 Å². The van der Waals surface area contributed by atoms with E-state index in [0.29, 0.717) is 25.1 Å². The standard InChI is InChI=1S/C17H20N2O3/c1-17(2)16-14(15(20)8-9-22-17)11-19(18-16)10-12-4-6-13(21-3)7-5-12/h4-7,11H,8-10H2,1-3H3. The van der Waals surface area contributed by atoms with Gasteiger partial charge in [-0.15, -0.1) is 0 Å². The van der Waals surface area contributed by atoms with Crippen LogP contribution in [0.15, 0.2) is 30.5 Å². The Balaban J connectivity index is 1.89. The van der Waals surface area contributed by atoms with Gasteiger partial charge in [0.1, 0.15) is 17.0 Å². The third-order valence-electron chi connectivity index (χ3n) is 3.93. The number of hydrogen-bond donors (Lipinski definition) is 0. The smallest absolute Gasteiger partial charge is 0.168 e. The molecule has 1 aliphatic rings. The van der Waals surface area contributed by atoms with E-state index < -0.39 is 5.60 Å². The van der Waals surface area contributed by atoms with Gasteiger partial charge in [0.15, 0.2) is 5.78 Å². The molecular weight excluding hydrogens is 280 g/mol. The van der Waals surface area contributed by atoms with Crippen molar-refractivity contribution in [3.63, 3.8) is 0 Å². The maximum atomic E-state index is 12.2. The average Bonchev–Trinajstić information content (AvgIpc) is 2.88. The highest BCUT2D eigenvalue weighted by molar-refractivity contribution is 5.97. The van der Waals surface area contributed by atoms with Crippen LogP contribution in [-0.4, -0.2) is 29.3 Å². The number of aromatic nitrogens is 2. The predicted octanol–water partition coefficient (Wildman–Crippen LogP) is 2.78. The number of Topliss-reactive ketones (excluding diaryl/α,β-unsaturated/α-hetero) is 1. The number of carbonyl (C=O) groups is 1. The van der Waals surface area contributed by atoms with Crippen LogP contribution in [0.4, 0.5) is 0 Å². The van der Waals surface area contributed by atoms with E-state index in [1.165, 1.54) is 0 Å². The third kappa shape index (κ3) is 2.76. The number of fused-ring (bicyclic) bond motifs is 1. The second kappa shape index (κ2) is 5.57. The van der Waals surface area contributed by atoms with E-state index in [-0.39, 0.29) is 5.78 Å². The molecular formula is C17H20N2O3. The number of benzene rings is 1. The summed E-state index contributed by atoms with van der Waals surface area (Å²) in [6, 6.07) is 7.83. The van der Waals surface area contributed by atoms with Gasteiger partial charge in [0.25, 0.3) is 0 Å². The Labute approximate surface area is 129 Å². The first kappa shape index (κ1) is 14.8. The lowest BCUT2D eigenvalue weighted by Gasteiger charge is -2.21. The van der Waals surface area contributed by atoms with Gasteiger partial charge < -0.3 is 9.47 Å². The van der Waals surface area contributed by atoms with Crippen LogP contribution >= 0.6 is 0 Å². The van der Waals surface area contributed by atoms with Crippen molar-refractivity contribution < 1.29 is 14.3 Å². The van der Waals surface area contributed by atoms with E-state index in [0.717, 1.165) is 17.0 Å². The molecule has 5 heteroatoms. The number of ketones is 1. The molecule has 0 fully saturated rings. The van der Waals surface area contributed by atoms with Gasteiger partial charge in [0.2, 0.25) is 0 Å². The largest absolute Gasteiger partial charge is 0.497 e. The molecule has 0 aliphatic carbocycles. The fraction of sp³-hybridized carbons (Fsp3) is 0.412. The molecule has 0 radical (unpaired) electrons. The lowest BCUT2D eigenvalue weighted by atomic mass is 10.00. The number of hydrogen-bond acceptors (Lipinski definition) is 4. The summed E-state index contributed by atoms with van der Waals surface area (Å²) in [6.07, 6.45) is 2.24. The zero-order chi connectivity index (χ0) is 15.7. The molecule has 116 valence electrons. The summed E-state index contributed by atoms with van der Waals surface area (Å²) in [6.45, 7) is 4.96. The molecule has 0 N–H and O–H groups in total. The van der Waals surface area contributed by atoms with Crippen LogP contribution < -0.4 is 4.74 Å². The van der Waals surface area contributed by atoms with E-state index in [1.807, 2.05) is 44.3 Å². The van der Waals surface area contributed by atoms with Crippen LogP contribution in [0.25, 0.3) is 0 Å². The number of methoxy groups -OCH3 is 1. The van der Waals surface area contributed by atoms with Crippen LogP contribution in [0.2, 0.25) is 0 Å². The van der Waals surface area contributed by atoms with Crippen molar-refractivity contribution in [3.05, 3.63) is 47.3 Å². The summed E-state index contributed by atoms with van der Waals surface area (Å²) >= 11 is 0. The van der Waals surface area contributed by atoms with Gasteiger partial charge in [-0.25, -0.2) is 0 Å². The topological polar surface area (TPSA) is 53.4 Å².